The molecule has 1 rings (SSSR count). The summed E-state index contributed by atoms with van der Waals surface area (Å²) in [6.45, 7) is 3.38. The Kier molecular flexibility index (Phi) is 3.92. The molecule has 4 nitrogen and oxygen atoms in total. The van der Waals surface area contributed by atoms with Gasteiger partial charge in [-0.1, -0.05) is 6.92 Å². The third-order valence-electron chi connectivity index (χ3n) is 1.94. The Morgan fingerprint density at radius 1 is 1.69 bits per heavy atom. The van der Waals surface area contributed by atoms with Crippen LogP contribution >= 0.6 is 0 Å². The maximum Gasteiger partial charge on any atom is 0.0662 e. The SMILES string of the molecule is CCC(O)CNCc1cnn(C)c1. The fourth-order valence-corrected chi connectivity index (χ4v) is 1.09. The minimum atomic E-state index is -0.239. The topological polar surface area (TPSA) is 50.1 Å². The van der Waals surface area contributed by atoms with E-state index < -0.39 is 0 Å². The van der Waals surface area contributed by atoms with Gasteiger partial charge in [0.2, 0.25) is 0 Å². The first-order valence-corrected chi connectivity index (χ1v) is 4.58. The van der Waals surface area contributed by atoms with Crippen molar-refractivity contribution in [2.24, 2.45) is 7.05 Å². The molecular formula is C9H17N3O. The predicted molar refractivity (Wildman–Crippen MR) is 51.2 cm³/mol. The Bertz CT molecular complexity index is 247. The third kappa shape index (κ3) is 3.57. The first-order valence-electron chi connectivity index (χ1n) is 4.58. The zero-order valence-corrected chi connectivity index (χ0v) is 8.20. The van der Waals surface area contributed by atoms with E-state index in [1.165, 1.54) is 0 Å². The van der Waals surface area contributed by atoms with Crippen LogP contribution in [0.25, 0.3) is 0 Å². The van der Waals surface area contributed by atoms with Gasteiger partial charge in [0.05, 0.1) is 12.3 Å². The highest BCUT2D eigenvalue weighted by atomic mass is 16.3. The van der Waals surface area contributed by atoms with Gasteiger partial charge in [-0.05, 0) is 6.42 Å². The van der Waals surface area contributed by atoms with E-state index in [2.05, 4.69) is 10.4 Å². The summed E-state index contributed by atoms with van der Waals surface area (Å²) in [7, 11) is 1.89. The standard InChI is InChI=1S/C9H17N3O/c1-3-9(13)6-10-4-8-5-11-12(2)7-8/h5,7,9-10,13H,3-4,6H2,1-2H3. The second kappa shape index (κ2) is 4.99. The van der Waals surface area contributed by atoms with Crippen LogP contribution in [0.15, 0.2) is 12.4 Å². The first kappa shape index (κ1) is 10.2. The summed E-state index contributed by atoms with van der Waals surface area (Å²) < 4.78 is 1.77. The number of rotatable bonds is 5. The molecule has 1 unspecified atom stereocenters. The molecule has 1 aromatic heterocycles. The number of nitrogens with zero attached hydrogens (tertiary/aromatic N) is 2. The van der Waals surface area contributed by atoms with E-state index in [1.807, 2.05) is 26.4 Å². The van der Waals surface area contributed by atoms with Crippen LogP contribution < -0.4 is 5.32 Å². The molecule has 0 aromatic carbocycles. The monoisotopic (exact) mass is 183 g/mol. The van der Waals surface area contributed by atoms with E-state index in [1.54, 1.807) is 4.68 Å². The van der Waals surface area contributed by atoms with E-state index >= 15 is 0 Å². The smallest absolute Gasteiger partial charge is 0.0662 e. The Labute approximate surface area is 78.6 Å². The minimum absolute atomic E-state index is 0.239. The Morgan fingerprint density at radius 2 is 2.46 bits per heavy atom. The summed E-state index contributed by atoms with van der Waals surface area (Å²) in [5, 5.41) is 16.5. The van der Waals surface area contributed by atoms with Gasteiger partial charge in [-0.3, -0.25) is 4.68 Å². The lowest BCUT2D eigenvalue weighted by Crippen LogP contribution is -2.25. The van der Waals surface area contributed by atoms with Crippen molar-refractivity contribution in [3.8, 4) is 0 Å². The molecule has 1 aromatic rings. The second-order valence-electron chi connectivity index (χ2n) is 3.22. The number of hydrogen-bond acceptors (Lipinski definition) is 3. The molecule has 0 aliphatic carbocycles. The van der Waals surface area contributed by atoms with Crippen molar-refractivity contribution in [2.75, 3.05) is 6.54 Å². The second-order valence-corrected chi connectivity index (χ2v) is 3.22. The summed E-state index contributed by atoms with van der Waals surface area (Å²) in [5.74, 6) is 0. The van der Waals surface area contributed by atoms with Gasteiger partial charge in [0.25, 0.3) is 0 Å². The van der Waals surface area contributed by atoms with Crippen molar-refractivity contribution >= 4 is 0 Å². The van der Waals surface area contributed by atoms with Gasteiger partial charge in [-0.25, -0.2) is 0 Å². The van der Waals surface area contributed by atoms with Crippen molar-refractivity contribution in [1.29, 1.82) is 0 Å². The Balaban J connectivity index is 2.20. The van der Waals surface area contributed by atoms with Crippen molar-refractivity contribution in [2.45, 2.75) is 26.0 Å². The van der Waals surface area contributed by atoms with Crippen LogP contribution in [-0.4, -0.2) is 27.5 Å². The molecule has 0 radical (unpaired) electrons. The van der Waals surface area contributed by atoms with E-state index in [4.69, 9.17) is 0 Å². The summed E-state index contributed by atoms with van der Waals surface area (Å²) in [6, 6.07) is 0. The van der Waals surface area contributed by atoms with Crippen LogP contribution in [0.1, 0.15) is 18.9 Å². The summed E-state index contributed by atoms with van der Waals surface area (Å²) in [5.41, 5.74) is 1.14. The van der Waals surface area contributed by atoms with Crippen molar-refractivity contribution in [3.63, 3.8) is 0 Å². The highest BCUT2D eigenvalue weighted by Crippen LogP contribution is 1.95. The van der Waals surface area contributed by atoms with E-state index in [0.29, 0.717) is 6.54 Å². The molecule has 1 heterocycles. The normalized spacial score (nSPS) is 13.2. The molecule has 0 bridgehead atoms. The van der Waals surface area contributed by atoms with E-state index in [0.717, 1.165) is 18.5 Å². The van der Waals surface area contributed by atoms with Crippen molar-refractivity contribution in [1.82, 2.24) is 15.1 Å². The van der Waals surface area contributed by atoms with Gasteiger partial charge < -0.3 is 10.4 Å². The highest BCUT2D eigenvalue weighted by molar-refractivity contribution is 5.02. The molecule has 0 aliphatic heterocycles. The lowest BCUT2D eigenvalue weighted by molar-refractivity contribution is 0.167. The zero-order chi connectivity index (χ0) is 9.68. The van der Waals surface area contributed by atoms with Crippen molar-refractivity contribution < 1.29 is 5.11 Å². The molecule has 1 atom stereocenters. The molecule has 74 valence electrons. The molecule has 0 spiro atoms. The quantitative estimate of drug-likeness (QED) is 0.689. The minimum Gasteiger partial charge on any atom is -0.392 e. The van der Waals surface area contributed by atoms with Crippen LogP contribution in [0.3, 0.4) is 0 Å². The first-order chi connectivity index (χ1) is 6.22. The summed E-state index contributed by atoms with van der Waals surface area (Å²) >= 11 is 0. The van der Waals surface area contributed by atoms with Crippen LogP contribution in [0.2, 0.25) is 0 Å². The molecular weight excluding hydrogens is 166 g/mol. The van der Waals surface area contributed by atoms with E-state index in [-0.39, 0.29) is 6.10 Å². The molecule has 0 saturated heterocycles. The number of aromatic nitrogens is 2. The van der Waals surface area contributed by atoms with Crippen LogP contribution in [0.5, 0.6) is 0 Å². The van der Waals surface area contributed by atoms with E-state index in [9.17, 15) is 5.11 Å². The highest BCUT2D eigenvalue weighted by Gasteiger charge is 2.00. The van der Waals surface area contributed by atoms with Crippen LogP contribution in [0.4, 0.5) is 0 Å². The van der Waals surface area contributed by atoms with Gasteiger partial charge in [-0.2, -0.15) is 5.10 Å². The predicted octanol–water partition coefficient (Wildman–Crippen LogP) is 0.281. The molecule has 2 N–H and O–H groups in total. The van der Waals surface area contributed by atoms with Gasteiger partial charge >= 0.3 is 0 Å². The number of aliphatic hydroxyl groups is 1. The molecule has 0 saturated carbocycles. The largest absolute Gasteiger partial charge is 0.392 e. The number of nitrogens with one attached hydrogen (secondary N) is 1. The van der Waals surface area contributed by atoms with Crippen LogP contribution in [-0.2, 0) is 13.6 Å². The summed E-state index contributed by atoms with van der Waals surface area (Å²) in [6.07, 6.45) is 4.34. The maximum absolute atomic E-state index is 9.26. The molecule has 0 amide bonds. The molecule has 13 heavy (non-hydrogen) atoms. The van der Waals surface area contributed by atoms with Gasteiger partial charge in [-0.15, -0.1) is 0 Å². The summed E-state index contributed by atoms with van der Waals surface area (Å²) in [4.78, 5) is 0. The maximum atomic E-state index is 9.26. The number of aliphatic hydroxyl groups excluding tert-OH is 1. The number of aryl methyl sites for hydroxylation is 1. The van der Waals surface area contributed by atoms with Crippen LogP contribution in [0, 0.1) is 0 Å². The van der Waals surface area contributed by atoms with Crippen molar-refractivity contribution in [3.05, 3.63) is 18.0 Å². The molecule has 0 fully saturated rings. The fourth-order valence-electron chi connectivity index (χ4n) is 1.09. The van der Waals surface area contributed by atoms with Gasteiger partial charge in [0.15, 0.2) is 0 Å². The average molecular weight is 183 g/mol. The Hall–Kier alpha value is -0.870. The van der Waals surface area contributed by atoms with Gasteiger partial charge in [0, 0.05) is 31.9 Å². The molecule has 4 heteroatoms. The number of hydrogen-bond donors (Lipinski definition) is 2. The Morgan fingerprint density at radius 3 is 3.00 bits per heavy atom. The third-order valence-corrected chi connectivity index (χ3v) is 1.94. The molecule has 0 aliphatic rings. The van der Waals surface area contributed by atoms with Gasteiger partial charge in [0.1, 0.15) is 0 Å². The zero-order valence-electron chi connectivity index (χ0n) is 8.20. The lowest BCUT2D eigenvalue weighted by atomic mass is 10.2. The average Bonchev–Trinajstić information content (AvgIpc) is 2.51. The lowest BCUT2D eigenvalue weighted by Gasteiger charge is -2.07. The fraction of sp³-hybridized carbons (Fsp3) is 0.667.